The molecule has 2 heterocycles. The summed E-state index contributed by atoms with van der Waals surface area (Å²) in [6.07, 6.45) is 9.54. The lowest BCUT2D eigenvalue weighted by Crippen LogP contribution is -2.39. The number of aromatic nitrogens is 2. The largest absolute Gasteiger partial charge is 0.348 e. The monoisotopic (exact) mass is 338 g/mol. The smallest absolute Gasteiger partial charge is 0.234 e. The highest BCUT2D eigenvalue weighted by atomic mass is 16.2. The summed E-state index contributed by atoms with van der Waals surface area (Å²) < 4.78 is 1.84. The maximum atomic E-state index is 12.7. The lowest BCUT2D eigenvalue weighted by molar-refractivity contribution is -0.123. The highest BCUT2D eigenvalue weighted by Crippen LogP contribution is 2.32. The van der Waals surface area contributed by atoms with E-state index in [4.69, 9.17) is 0 Å². The van der Waals surface area contributed by atoms with Gasteiger partial charge >= 0.3 is 0 Å². The van der Waals surface area contributed by atoms with Crippen molar-refractivity contribution in [3.63, 3.8) is 0 Å². The first-order valence-electron chi connectivity index (χ1n) is 9.30. The number of aryl methyl sites for hydroxylation is 2. The second-order valence-electron chi connectivity index (χ2n) is 7.29. The molecule has 1 aliphatic heterocycles. The summed E-state index contributed by atoms with van der Waals surface area (Å²) in [5.74, 6) is 0.137. The molecular weight excluding hydrogens is 312 g/mol. The van der Waals surface area contributed by atoms with Crippen LogP contribution in [0.2, 0.25) is 0 Å². The van der Waals surface area contributed by atoms with Gasteiger partial charge in [-0.2, -0.15) is 5.10 Å². The van der Waals surface area contributed by atoms with Crippen molar-refractivity contribution in [2.24, 2.45) is 7.05 Å². The molecule has 4 rings (SSSR count). The van der Waals surface area contributed by atoms with Crippen molar-refractivity contribution in [3.8, 4) is 0 Å². The predicted octanol–water partition coefficient (Wildman–Crippen LogP) is 2.75. The zero-order chi connectivity index (χ0) is 17.2. The van der Waals surface area contributed by atoms with Crippen LogP contribution in [0.25, 0.3) is 0 Å². The quantitative estimate of drug-likeness (QED) is 0.932. The molecular formula is C20H26N4O. The number of carbonyl (C=O) groups excluding carboxylic acids is 1. The fourth-order valence-electron chi connectivity index (χ4n) is 4.33. The van der Waals surface area contributed by atoms with E-state index in [-0.39, 0.29) is 11.9 Å². The predicted molar refractivity (Wildman–Crippen MR) is 97.0 cm³/mol. The first-order valence-corrected chi connectivity index (χ1v) is 9.30. The third-order valence-electron chi connectivity index (χ3n) is 5.52. The van der Waals surface area contributed by atoms with Crippen molar-refractivity contribution >= 4 is 5.91 Å². The zero-order valence-electron chi connectivity index (χ0n) is 14.8. The Balaban J connectivity index is 1.41. The summed E-state index contributed by atoms with van der Waals surface area (Å²) in [5, 5.41) is 7.56. The molecule has 5 heteroatoms. The van der Waals surface area contributed by atoms with Gasteiger partial charge < -0.3 is 5.32 Å². The summed E-state index contributed by atoms with van der Waals surface area (Å²) >= 11 is 0. The van der Waals surface area contributed by atoms with Gasteiger partial charge in [0.05, 0.1) is 18.8 Å². The van der Waals surface area contributed by atoms with Crippen molar-refractivity contribution in [1.82, 2.24) is 20.0 Å². The molecule has 1 N–H and O–H groups in total. The van der Waals surface area contributed by atoms with E-state index >= 15 is 0 Å². The topological polar surface area (TPSA) is 50.2 Å². The third kappa shape index (κ3) is 3.47. The number of nitrogens with zero attached hydrogens (tertiary/aromatic N) is 3. The Morgan fingerprint density at radius 1 is 1.28 bits per heavy atom. The molecule has 0 spiro atoms. The van der Waals surface area contributed by atoms with Gasteiger partial charge in [-0.1, -0.05) is 24.3 Å². The van der Waals surface area contributed by atoms with Crippen LogP contribution in [0.15, 0.2) is 36.7 Å². The summed E-state index contributed by atoms with van der Waals surface area (Å²) in [7, 11) is 1.94. The standard InChI is InChI=1S/C20H26N4O/c1-23-13-16(12-21-23)19-10-5-11-24(19)14-20(25)22-18-9-4-7-15-6-2-3-8-17(15)18/h2-3,6,8,12-13,18-19H,4-5,7,9-11,14H2,1H3,(H,22,25)/t18-,19+/m0/s1. The van der Waals surface area contributed by atoms with E-state index in [0.29, 0.717) is 12.6 Å². The second-order valence-corrected chi connectivity index (χ2v) is 7.29. The van der Waals surface area contributed by atoms with E-state index in [0.717, 1.165) is 38.6 Å². The number of nitrogens with one attached hydrogen (secondary N) is 1. The normalized spacial score (nSPS) is 23.4. The van der Waals surface area contributed by atoms with Crippen LogP contribution in [0.1, 0.15) is 54.5 Å². The molecule has 132 valence electrons. The molecule has 1 aromatic carbocycles. The Morgan fingerprint density at radius 3 is 3.00 bits per heavy atom. The maximum absolute atomic E-state index is 12.7. The fraction of sp³-hybridized carbons (Fsp3) is 0.500. The third-order valence-corrected chi connectivity index (χ3v) is 5.52. The first-order chi connectivity index (χ1) is 12.2. The van der Waals surface area contributed by atoms with Gasteiger partial charge in [0, 0.05) is 24.8 Å². The number of carbonyl (C=O) groups is 1. The van der Waals surface area contributed by atoms with Crippen molar-refractivity contribution in [3.05, 3.63) is 53.3 Å². The summed E-state index contributed by atoms with van der Waals surface area (Å²) in [6, 6.07) is 8.99. The van der Waals surface area contributed by atoms with Crippen LogP contribution in [0.3, 0.4) is 0 Å². The van der Waals surface area contributed by atoms with Gasteiger partial charge in [0.25, 0.3) is 0 Å². The van der Waals surface area contributed by atoms with Gasteiger partial charge in [-0.15, -0.1) is 0 Å². The Morgan fingerprint density at radius 2 is 2.16 bits per heavy atom. The van der Waals surface area contributed by atoms with E-state index in [1.165, 1.54) is 16.7 Å². The molecule has 1 aliphatic carbocycles. The van der Waals surface area contributed by atoms with Crippen LogP contribution in [0.5, 0.6) is 0 Å². The van der Waals surface area contributed by atoms with Crippen LogP contribution < -0.4 is 5.32 Å². The molecule has 1 aromatic heterocycles. The summed E-state index contributed by atoms with van der Waals surface area (Å²) in [5.41, 5.74) is 3.90. The molecule has 0 radical (unpaired) electrons. The molecule has 1 fully saturated rings. The van der Waals surface area contributed by atoms with E-state index in [9.17, 15) is 4.79 Å². The SMILES string of the molecule is Cn1cc([C@H]2CCCN2CC(=O)N[C@H]2CCCc3ccccc32)cn1. The number of amides is 1. The first kappa shape index (κ1) is 16.3. The van der Waals surface area contributed by atoms with Gasteiger partial charge in [-0.25, -0.2) is 0 Å². The van der Waals surface area contributed by atoms with Gasteiger partial charge in [0.15, 0.2) is 0 Å². The van der Waals surface area contributed by atoms with E-state index in [1.54, 1.807) is 0 Å². The van der Waals surface area contributed by atoms with Gasteiger partial charge in [0.1, 0.15) is 0 Å². The Kier molecular flexibility index (Phi) is 4.57. The zero-order valence-corrected chi connectivity index (χ0v) is 14.8. The molecule has 0 bridgehead atoms. The molecule has 0 unspecified atom stereocenters. The van der Waals surface area contributed by atoms with Gasteiger partial charge in [-0.05, 0) is 49.8 Å². The minimum absolute atomic E-state index is 0.137. The molecule has 5 nitrogen and oxygen atoms in total. The molecule has 2 atom stereocenters. The van der Waals surface area contributed by atoms with Crippen molar-refractivity contribution in [2.45, 2.75) is 44.2 Å². The van der Waals surface area contributed by atoms with E-state index in [2.05, 4.69) is 45.8 Å². The maximum Gasteiger partial charge on any atom is 0.234 e. The molecule has 1 amide bonds. The average molecular weight is 338 g/mol. The minimum atomic E-state index is 0.137. The van der Waals surface area contributed by atoms with Crippen molar-refractivity contribution in [2.75, 3.05) is 13.1 Å². The van der Waals surface area contributed by atoms with Gasteiger partial charge in [-0.3, -0.25) is 14.4 Å². The molecule has 25 heavy (non-hydrogen) atoms. The number of rotatable bonds is 4. The van der Waals surface area contributed by atoms with Gasteiger partial charge in [0.2, 0.25) is 5.91 Å². The van der Waals surface area contributed by atoms with E-state index in [1.807, 2.05) is 17.9 Å². The number of hydrogen-bond donors (Lipinski definition) is 1. The Labute approximate surface area is 149 Å². The van der Waals surface area contributed by atoms with Crippen molar-refractivity contribution in [1.29, 1.82) is 0 Å². The number of benzene rings is 1. The van der Waals surface area contributed by atoms with Crippen LogP contribution in [-0.2, 0) is 18.3 Å². The molecule has 1 saturated heterocycles. The Bertz CT molecular complexity index is 754. The van der Waals surface area contributed by atoms with Crippen LogP contribution >= 0.6 is 0 Å². The van der Waals surface area contributed by atoms with Crippen LogP contribution in [-0.4, -0.2) is 33.7 Å². The fourth-order valence-corrected chi connectivity index (χ4v) is 4.33. The van der Waals surface area contributed by atoms with E-state index < -0.39 is 0 Å². The van der Waals surface area contributed by atoms with Crippen LogP contribution in [0.4, 0.5) is 0 Å². The second kappa shape index (κ2) is 7.00. The molecule has 2 aromatic rings. The summed E-state index contributed by atoms with van der Waals surface area (Å²) in [4.78, 5) is 15.0. The number of fused-ring (bicyclic) bond motifs is 1. The average Bonchev–Trinajstić information content (AvgIpc) is 3.24. The highest BCUT2D eigenvalue weighted by molar-refractivity contribution is 5.78. The molecule has 0 saturated carbocycles. The molecule has 2 aliphatic rings. The lowest BCUT2D eigenvalue weighted by Gasteiger charge is -2.28. The Hall–Kier alpha value is -2.14. The summed E-state index contributed by atoms with van der Waals surface area (Å²) in [6.45, 7) is 1.45. The minimum Gasteiger partial charge on any atom is -0.348 e. The van der Waals surface area contributed by atoms with Crippen LogP contribution in [0, 0.1) is 0 Å². The number of hydrogen-bond acceptors (Lipinski definition) is 3. The van der Waals surface area contributed by atoms with Crippen molar-refractivity contribution < 1.29 is 4.79 Å². The number of likely N-dealkylation sites (tertiary alicyclic amines) is 1. The highest BCUT2D eigenvalue weighted by Gasteiger charge is 2.29. The lowest BCUT2D eigenvalue weighted by atomic mass is 9.88.